The number of hydrogen-bond acceptors (Lipinski definition) is 5. The van der Waals surface area contributed by atoms with Gasteiger partial charge < -0.3 is 9.73 Å². The van der Waals surface area contributed by atoms with E-state index in [2.05, 4.69) is 22.1 Å². The molecule has 2 rings (SSSR count). The van der Waals surface area contributed by atoms with Gasteiger partial charge in [0.1, 0.15) is 5.76 Å². The fourth-order valence-electron chi connectivity index (χ4n) is 2.09. The van der Waals surface area contributed by atoms with Gasteiger partial charge in [0.05, 0.1) is 17.6 Å². The maximum atomic E-state index is 12.0. The normalized spacial score (nSPS) is 11.5. The first-order valence-electron chi connectivity index (χ1n) is 7.34. The largest absolute Gasteiger partial charge is 0.469 e. The van der Waals surface area contributed by atoms with Gasteiger partial charge in [-0.2, -0.15) is 0 Å². The van der Waals surface area contributed by atoms with Crippen molar-refractivity contribution >= 4 is 17.7 Å². The Bertz CT molecular complexity index is 697. The third-order valence-corrected chi connectivity index (χ3v) is 3.94. The number of rotatable bonds is 6. The van der Waals surface area contributed by atoms with Crippen molar-refractivity contribution in [2.24, 2.45) is 0 Å². The summed E-state index contributed by atoms with van der Waals surface area (Å²) in [6.07, 6.45) is 3.41. The van der Waals surface area contributed by atoms with Crippen LogP contribution in [0.1, 0.15) is 26.5 Å². The van der Waals surface area contributed by atoms with Gasteiger partial charge in [0.25, 0.3) is 0 Å². The molecule has 0 aliphatic carbocycles. The zero-order chi connectivity index (χ0) is 17.0. The second-order valence-electron chi connectivity index (χ2n) is 6.18. The SMILES string of the molecule is C=CCn1c(SCC(=O)NC(C)(C)C)nnc1-c1ccoc1C. The van der Waals surface area contributed by atoms with Crippen molar-refractivity contribution in [1.29, 1.82) is 0 Å². The average Bonchev–Trinajstić information content (AvgIpc) is 3.01. The first-order chi connectivity index (χ1) is 10.8. The highest BCUT2D eigenvalue weighted by atomic mass is 32.2. The Morgan fingerprint density at radius 2 is 2.22 bits per heavy atom. The zero-order valence-electron chi connectivity index (χ0n) is 13.9. The van der Waals surface area contributed by atoms with Gasteiger partial charge in [-0.3, -0.25) is 9.36 Å². The molecule has 0 fully saturated rings. The molecule has 0 unspecified atom stereocenters. The molecule has 0 bridgehead atoms. The highest BCUT2D eigenvalue weighted by Crippen LogP contribution is 2.27. The number of furan rings is 1. The van der Waals surface area contributed by atoms with Gasteiger partial charge in [0, 0.05) is 12.1 Å². The van der Waals surface area contributed by atoms with Crippen LogP contribution in [0.5, 0.6) is 0 Å². The molecular formula is C16H22N4O2S. The predicted octanol–water partition coefficient (Wildman–Crippen LogP) is 3.04. The third kappa shape index (κ3) is 4.48. The Balaban J connectivity index is 2.17. The summed E-state index contributed by atoms with van der Waals surface area (Å²) in [5.41, 5.74) is 0.649. The van der Waals surface area contributed by atoms with Gasteiger partial charge in [-0.05, 0) is 33.8 Å². The summed E-state index contributed by atoms with van der Waals surface area (Å²) in [6, 6.07) is 1.86. The topological polar surface area (TPSA) is 73.0 Å². The molecule has 1 amide bonds. The number of nitrogens with one attached hydrogen (secondary N) is 1. The molecule has 0 aromatic carbocycles. The van der Waals surface area contributed by atoms with Crippen LogP contribution in [0.4, 0.5) is 0 Å². The standard InChI is InChI=1S/C16H22N4O2S/c1-6-8-20-14(12-7-9-22-11(12)2)18-19-15(20)23-10-13(21)17-16(3,4)5/h6-7,9H,1,8,10H2,2-5H3,(H,17,21). The number of nitrogens with zero attached hydrogens (tertiary/aromatic N) is 3. The predicted molar refractivity (Wildman–Crippen MR) is 91.3 cm³/mol. The zero-order valence-corrected chi connectivity index (χ0v) is 14.7. The minimum atomic E-state index is -0.245. The molecular weight excluding hydrogens is 312 g/mol. The second-order valence-corrected chi connectivity index (χ2v) is 7.13. The van der Waals surface area contributed by atoms with Crippen molar-refractivity contribution in [2.45, 2.75) is 44.9 Å². The molecule has 0 saturated heterocycles. The second kappa shape index (κ2) is 7.04. The van der Waals surface area contributed by atoms with E-state index in [0.717, 1.165) is 17.1 Å². The van der Waals surface area contributed by atoms with E-state index < -0.39 is 0 Å². The molecule has 2 aromatic rings. The van der Waals surface area contributed by atoms with Crippen LogP contribution < -0.4 is 5.32 Å². The van der Waals surface area contributed by atoms with E-state index in [1.54, 1.807) is 12.3 Å². The van der Waals surface area contributed by atoms with Crippen molar-refractivity contribution in [3.63, 3.8) is 0 Å². The van der Waals surface area contributed by atoms with E-state index in [1.165, 1.54) is 11.8 Å². The molecule has 0 aliphatic rings. The molecule has 124 valence electrons. The van der Waals surface area contributed by atoms with Crippen LogP contribution in [0.2, 0.25) is 0 Å². The first kappa shape index (κ1) is 17.3. The Hall–Kier alpha value is -2.02. The van der Waals surface area contributed by atoms with Crippen LogP contribution in [0.3, 0.4) is 0 Å². The van der Waals surface area contributed by atoms with Crippen molar-refractivity contribution in [2.75, 3.05) is 5.75 Å². The number of allylic oxidation sites excluding steroid dienone is 1. The average molecular weight is 334 g/mol. The maximum Gasteiger partial charge on any atom is 0.230 e. The maximum absolute atomic E-state index is 12.0. The minimum Gasteiger partial charge on any atom is -0.469 e. The number of hydrogen-bond donors (Lipinski definition) is 1. The fraction of sp³-hybridized carbons (Fsp3) is 0.438. The molecule has 0 spiro atoms. The van der Waals surface area contributed by atoms with Gasteiger partial charge in [-0.25, -0.2) is 0 Å². The molecule has 0 atom stereocenters. The molecule has 1 N–H and O–H groups in total. The van der Waals surface area contributed by atoms with Gasteiger partial charge in [0.15, 0.2) is 11.0 Å². The monoisotopic (exact) mass is 334 g/mol. The molecule has 0 radical (unpaired) electrons. The van der Waals surface area contributed by atoms with Gasteiger partial charge in [-0.15, -0.1) is 16.8 Å². The summed E-state index contributed by atoms with van der Waals surface area (Å²) in [5.74, 6) is 1.76. The van der Waals surface area contributed by atoms with Crippen LogP contribution in [-0.2, 0) is 11.3 Å². The summed E-state index contributed by atoms with van der Waals surface area (Å²) < 4.78 is 7.27. The van der Waals surface area contributed by atoms with E-state index in [0.29, 0.717) is 11.7 Å². The van der Waals surface area contributed by atoms with Crippen LogP contribution in [0, 0.1) is 6.92 Å². The first-order valence-corrected chi connectivity index (χ1v) is 8.33. The summed E-state index contributed by atoms with van der Waals surface area (Å²) in [4.78, 5) is 12.0. The number of aryl methyl sites for hydroxylation is 1. The molecule has 2 aromatic heterocycles. The van der Waals surface area contributed by atoms with Crippen molar-refractivity contribution in [3.05, 3.63) is 30.7 Å². The highest BCUT2D eigenvalue weighted by Gasteiger charge is 2.19. The van der Waals surface area contributed by atoms with Crippen LogP contribution in [0.15, 0.2) is 34.6 Å². The third-order valence-electron chi connectivity index (χ3n) is 2.98. The number of aromatic nitrogens is 3. The van der Waals surface area contributed by atoms with Gasteiger partial charge >= 0.3 is 0 Å². The van der Waals surface area contributed by atoms with Crippen LogP contribution in [0.25, 0.3) is 11.4 Å². The van der Waals surface area contributed by atoms with E-state index in [9.17, 15) is 4.79 Å². The Morgan fingerprint density at radius 1 is 1.48 bits per heavy atom. The Morgan fingerprint density at radius 3 is 2.78 bits per heavy atom. The van der Waals surface area contributed by atoms with E-state index in [4.69, 9.17) is 4.42 Å². The summed E-state index contributed by atoms with van der Waals surface area (Å²) >= 11 is 1.36. The fourth-order valence-corrected chi connectivity index (χ4v) is 2.84. The molecule has 23 heavy (non-hydrogen) atoms. The summed E-state index contributed by atoms with van der Waals surface area (Å²) in [7, 11) is 0. The summed E-state index contributed by atoms with van der Waals surface area (Å²) in [5, 5.41) is 12.1. The number of carbonyl (C=O) groups excluding carboxylic acids is 1. The van der Waals surface area contributed by atoms with Crippen LogP contribution in [-0.4, -0.2) is 32.0 Å². The molecule has 0 saturated carbocycles. The molecule has 6 nitrogen and oxygen atoms in total. The van der Waals surface area contributed by atoms with E-state index >= 15 is 0 Å². The number of carbonyl (C=O) groups is 1. The lowest BCUT2D eigenvalue weighted by Gasteiger charge is -2.20. The van der Waals surface area contributed by atoms with Crippen LogP contribution >= 0.6 is 11.8 Å². The van der Waals surface area contributed by atoms with Crippen molar-refractivity contribution in [3.8, 4) is 11.4 Å². The number of thioether (sulfide) groups is 1. The Labute approximate surface area is 140 Å². The smallest absolute Gasteiger partial charge is 0.230 e. The van der Waals surface area contributed by atoms with E-state index in [-0.39, 0.29) is 17.2 Å². The molecule has 7 heteroatoms. The summed E-state index contributed by atoms with van der Waals surface area (Å²) in [6.45, 7) is 12.1. The number of amides is 1. The van der Waals surface area contributed by atoms with Gasteiger partial charge in [0.2, 0.25) is 5.91 Å². The van der Waals surface area contributed by atoms with Gasteiger partial charge in [-0.1, -0.05) is 17.8 Å². The molecule has 0 aliphatic heterocycles. The Kier molecular flexibility index (Phi) is 5.30. The lowest BCUT2D eigenvalue weighted by Crippen LogP contribution is -2.41. The minimum absolute atomic E-state index is 0.0308. The quantitative estimate of drug-likeness (QED) is 0.649. The molecule has 2 heterocycles. The van der Waals surface area contributed by atoms with Crippen molar-refractivity contribution < 1.29 is 9.21 Å². The lowest BCUT2D eigenvalue weighted by atomic mass is 10.1. The lowest BCUT2D eigenvalue weighted by molar-refractivity contribution is -0.119. The van der Waals surface area contributed by atoms with Crippen molar-refractivity contribution in [1.82, 2.24) is 20.1 Å². The van der Waals surface area contributed by atoms with E-state index in [1.807, 2.05) is 38.3 Å². The highest BCUT2D eigenvalue weighted by molar-refractivity contribution is 7.99.